The fourth-order valence-corrected chi connectivity index (χ4v) is 4.09. The van der Waals surface area contributed by atoms with E-state index in [1.54, 1.807) is 6.07 Å². The molecule has 1 saturated heterocycles. The lowest BCUT2D eigenvalue weighted by molar-refractivity contribution is -0.126. The van der Waals surface area contributed by atoms with Crippen molar-refractivity contribution in [3.05, 3.63) is 23.8 Å². The lowest BCUT2D eigenvalue weighted by Crippen LogP contribution is -2.25. The number of nitrogen functional groups attached to an aromatic ring is 2. The number of hydrogen-bond donors (Lipinski definition) is 3. The van der Waals surface area contributed by atoms with E-state index in [4.69, 9.17) is 11.5 Å². The highest BCUT2D eigenvalue weighted by Gasteiger charge is 2.37. The average Bonchev–Trinajstić information content (AvgIpc) is 2.94. The van der Waals surface area contributed by atoms with E-state index in [0.717, 1.165) is 24.8 Å². The molecule has 1 heterocycles. The fourth-order valence-electron chi connectivity index (χ4n) is 4.09. The van der Waals surface area contributed by atoms with Crippen molar-refractivity contribution >= 4 is 23.2 Å². The van der Waals surface area contributed by atoms with Crippen molar-refractivity contribution in [2.75, 3.05) is 11.5 Å². The zero-order valence-electron chi connectivity index (χ0n) is 16.6. The summed E-state index contributed by atoms with van der Waals surface area (Å²) in [5, 5.41) is 2.44. The number of carbonyl (C=O) groups is 2. The van der Waals surface area contributed by atoms with E-state index >= 15 is 0 Å². The van der Waals surface area contributed by atoms with Gasteiger partial charge in [-0.1, -0.05) is 64.7 Å². The molecule has 0 aromatic heterocycles. The zero-order chi connectivity index (χ0) is 19.6. The molecule has 2 unspecified atom stereocenters. The summed E-state index contributed by atoms with van der Waals surface area (Å²) in [6.45, 7) is 2.24. The molecule has 0 bridgehead atoms. The SMILES string of the molecule is CCCCCCCCCCCC(c1cc(N)cc(N)c1)C1CC(=O)NC1=O. The van der Waals surface area contributed by atoms with Crippen LogP contribution < -0.4 is 16.8 Å². The quantitative estimate of drug-likeness (QED) is 0.285. The van der Waals surface area contributed by atoms with E-state index in [2.05, 4.69) is 12.2 Å². The number of imide groups is 1. The van der Waals surface area contributed by atoms with E-state index in [-0.39, 0.29) is 30.1 Å². The predicted octanol–water partition coefficient (Wildman–Crippen LogP) is 4.52. The van der Waals surface area contributed by atoms with Crippen molar-refractivity contribution < 1.29 is 9.59 Å². The van der Waals surface area contributed by atoms with Crippen LogP contribution in [0.2, 0.25) is 0 Å². The van der Waals surface area contributed by atoms with Crippen molar-refractivity contribution in [1.82, 2.24) is 5.32 Å². The van der Waals surface area contributed by atoms with E-state index in [9.17, 15) is 9.59 Å². The van der Waals surface area contributed by atoms with Gasteiger partial charge in [0.05, 0.1) is 5.92 Å². The number of nitrogens with two attached hydrogens (primary N) is 2. The van der Waals surface area contributed by atoms with E-state index in [1.807, 2.05) is 12.1 Å². The summed E-state index contributed by atoms with van der Waals surface area (Å²) in [6.07, 6.45) is 12.5. The normalized spacial score (nSPS) is 17.9. The van der Waals surface area contributed by atoms with Crippen LogP contribution in [-0.2, 0) is 9.59 Å². The van der Waals surface area contributed by atoms with Gasteiger partial charge in [0.25, 0.3) is 0 Å². The largest absolute Gasteiger partial charge is 0.399 e. The Balaban J connectivity index is 1.88. The highest BCUT2D eigenvalue weighted by molar-refractivity contribution is 6.03. The molecule has 0 saturated carbocycles. The van der Waals surface area contributed by atoms with E-state index in [1.165, 1.54) is 44.9 Å². The first-order valence-electron chi connectivity index (χ1n) is 10.5. The minimum atomic E-state index is -0.312. The zero-order valence-corrected chi connectivity index (χ0v) is 16.6. The average molecular weight is 374 g/mol. The van der Waals surface area contributed by atoms with Gasteiger partial charge in [-0.25, -0.2) is 0 Å². The van der Waals surface area contributed by atoms with Crippen LogP contribution in [0.3, 0.4) is 0 Å². The molecule has 1 aromatic carbocycles. The molecule has 5 nitrogen and oxygen atoms in total. The van der Waals surface area contributed by atoms with Crippen LogP contribution in [0.4, 0.5) is 11.4 Å². The molecule has 5 N–H and O–H groups in total. The molecule has 1 aliphatic heterocycles. The van der Waals surface area contributed by atoms with Crippen molar-refractivity contribution in [3.8, 4) is 0 Å². The topological polar surface area (TPSA) is 98.2 Å². The Morgan fingerprint density at radius 1 is 0.926 bits per heavy atom. The Hall–Kier alpha value is -2.04. The van der Waals surface area contributed by atoms with Crippen molar-refractivity contribution in [3.63, 3.8) is 0 Å². The molecule has 1 aliphatic rings. The number of rotatable bonds is 12. The van der Waals surface area contributed by atoms with Gasteiger partial charge >= 0.3 is 0 Å². The predicted molar refractivity (Wildman–Crippen MR) is 111 cm³/mol. The summed E-state index contributed by atoms with van der Waals surface area (Å²) in [7, 11) is 0. The van der Waals surface area contributed by atoms with Gasteiger partial charge in [0.15, 0.2) is 0 Å². The first-order chi connectivity index (χ1) is 13.0. The van der Waals surface area contributed by atoms with Gasteiger partial charge in [-0.05, 0) is 36.1 Å². The van der Waals surface area contributed by atoms with Crippen LogP contribution >= 0.6 is 0 Å². The highest BCUT2D eigenvalue weighted by Crippen LogP contribution is 2.36. The Labute approximate surface area is 163 Å². The van der Waals surface area contributed by atoms with Gasteiger partial charge in [0.1, 0.15) is 0 Å². The Kier molecular flexibility index (Phi) is 8.62. The molecule has 1 aromatic rings. The molecule has 150 valence electrons. The number of unbranched alkanes of at least 4 members (excludes halogenated alkanes) is 8. The second-order valence-corrected chi connectivity index (χ2v) is 7.88. The summed E-state index contributed by atoms with van der Waals surface area (Å²) in [4.78, 5) is 23.9. The lowest BCUT2D eigenvalue weighted by Gasteiger charge is -2.22. The van der Waals surface area contributed by atoms with Crippen molar-refractivity contribution in [2.24, 2.45) is 5.92 Å². The molecule has 2 amide bonds. The van der Waals surface area contributed by atoms with Crippen LogP contribution in [-0.4, -0.2) is 11.8 Å². The molecule has 0 aliphatic carbocycles. The summed E-state index contributed by atoms with van der Waals surface area (Å²) >= 11 is 0. The Bertz CT molecular complexity index is 610. The summed E-state index contributed by atoms with van der Waals surface area (Å²) in [5.74, 6) is -0.666. The molecule has 2 atom stereocenters. The summed E-state index contributed by atoms with van der Waals surface area (Å²) in [6, 6.07) is 5.51. The molecule has 0 radical (unpaired) electrons. The Morgan fingerprint density at radius 3 is 2.00 bits per heavy atom. The van der Waals surface area contributed by atoms with Crippen molar-refractivity contribution in [2.45, 2.75) is 83.5 Å². The number of nitrogens with one attached hydrogen (secondary N) is 1. The van der Waals surface area contributed by atoms with Gasteiger partial charge in [-0.15, -0.1) is 0 Å². The number of carbonyl (C=O) groups excluding carboxylic acids is 2. The fraction of sp³-hybridized carbons (Fsp3) is 0.636. The monoisotopic (exact) mass is 373 g/mol. The van der Waals surface area contributed by atoms with Gasteiger partial charge in [0.2, 0.25) is 11.8 Å². The Morgan fingerprint density at radius 2 is 1.48 bits per heavy atom. The van der Waals surface area contributed by atoms with Gasteiger partial charge in [0, 0.05) is 17.8 Å². The third kappa shape index (κ3) is 6.89. The van der Waals surface area contributed by atoms with Gasteiger partial charge < -0.3 is 11.5 Å². The first-order valence-corrected chi connectivity index (χ1v) is 10.5. The summed E-state index contributed by atoms with van der Waals surface area (Å²) < 4.78 is 0. The minimum Gasteiger partial charge on any atom is -0.399 e. The van der Waals surface area contributed by atoms with Crippen LogP contribution in [0.5, 0.6) is 0 Å². The maximum atomic E-state index is 12.2. The van der Waals surface area contributed by atoms with Crippen LogP contribution in [0.25, 0.3) is 0 Å². The second kappa shape index (κ2) is 11.0. The van der Waals surface area contributed by atoms with E-state index in [0.29, 0.717) is 11.4 Å². The van der Waals surface area contributed by atoms with Crippen LogP contribution in [0, 0.1) is 5.92 Å². The molecule has 1 fully saturated rings. The number of amides is 2. The minimum absolute atomic E-state index is 0.00759. The lowest BCUT2D eigenvalue weighted by atomic mass is 9.81. The van der Waals surface area contributed by atoms with Crippen LogP contribution in [0.1, 0.15) is 89.0 Å². The molecule has 2 rings (SSSR count). The van der Waals surface area contributed by atoms with Gasteiger partial charge in [-0.3, -0.25) is 14.9 Å². The van der Waals surface area contributed by atoms with Crippen molar-refractivity contribution in [1.29, 1.82) is 0 Å². The highest BCUT2D eigenvalue weighted by atomic mass is 16.2. The maximum absolute atomic E-state index is 12.2. The van der Waals surface area contributed by atoms with Crippen LogP contribution in [0.15, 0.2) is 18.2 Å². The molecular formula is C22H35N3O2. The number of anilines is 2. The first kappa shape index (κ1) is 21.3. The third-order valence-electron chi connectivity index (χ3n) is 5.54. The molecule has 0 spiro atoms. The number of hydrogen-bond acceptors (Lipinski definition) is 4. The smallest absolute Gasteiger partial charge is 0.230 e. The molecular weight excluding hydrogens is 338 g/mol. The second-order valence-electron chi connectivity index (χ2n) is 7.88. The third-order valence-corrected chi connectivity index (χ3v) is 5.54. The summed E-state index contributed by atoms with van der Waals surface area (Å²) in [5.41, 5.74) is 14.1. The standard InChI is InChI=1S/C22H35N3O2/c1-2-3-4-5-6-7-8-9-10-11-19(20-15-21(26)25-22(20)27)16-12-17(23)14-18(24)13-16/h12-14,19-20H,2-11,15,23-24H2,1H3,(H,25,26,27). The molecule has 27 heavy (non-hydrogen) atoms. The van der Waals surface area contributed by atoms with Gasteiger partial charge in [-0.2, -0.15) is 0 Å². The van der Waals surface area contributed by atoms with E-state index < -0.39 is 0 Å². The maximum Gasteiger partial charge on any atom is 0.230 e. The number of benzene rings is 1. The molecule has 5 heteroatoms.